The van der Waals surface area contributed by atoms with Gasteiger partial charge in [-0.15, -0.1) is 0 Å². The molecule has 0 radical (unpaired) electrons. The van der Waals surface area contributed by atoms with Crippen molar-refractivity contribution >= 4 is 11.2 Å². The molecule has 0 bridgehead atoms. The fourth-order valence-corrected chi connectivity index (χ4v) is 4.51. The molecule has 0 N–H and O–H groups in total. The van der Waals surface area contributed by atoms with Crippen LogP contribution in [0.15, 0.2) is 39.9 Å². The minimum absolute atomic E-state index is 0.266. The van der Waals surface area contributed by atoms with Crippen LogP contribution in [0.1, 0.15) is 44.0 Å². The summed E-state index contributed by atoms with van der Waals surface area (Å²) in [6.45, 7) is 4.72. The topological polar surface area (TPSA) is 65.1 Å². The predicted molar refractivity (Wildman–Crippen MR) is 119 cm³/mol. The van der Waals surface area contributed by atoms with Gasteiger partial charge in [0.15, 0.2) is 11.2 Å². The average molecular weight is 410 g/mol. The van der Waals surface area contributed by atoms with Crippen molar-refractivity contribution in [2.45, 2.75) is 58.2 Å². The molecule has 0 saturated carbocycles. The molecule has 1 aromatic carbocycles. The van der Waals surface area contributed by atoms with E-state index in [4.69, 9.17) is 4.98 Å². The lowest BCUT2D eigenvalue weighted by molar-refractivity contribution is 0.147. The fourth-order valence-electron chi connectivity index (χ4n) is 4.51. The molecule has 0 amide bonds. The Labute approximate surface area is 176 Å². The van der Waals surface area contributed by atoms with Crippen LogP contribution in [0.4, 0.5) is 0 Å². The molecule has 1 aliphatic rings. The minimum Gasteiger partial charge on any atom is -0.321 e. The van der Waals surface area contributed by atoms with Crippen LogP contribution >= 0.6 is 0 Å². The summed E-state index contributed by atoms with van der Waals surface area (Å²) in [5.74, 6) is 0.880. The van der Waals surface area contributed by atoms with Gasteiger partial charge in [-0.1, -0.05) is 36.8 Å². The number of nitrogens with zero attached hydrogens (tertiary/aromatic N) is 5. The second-order valence-electron chi connectivity index (χ2n) is 8.46. The number of piperidine rings is 1. The Morgan fingerprint density at radius 2 is 1.83 bits per heavy atom. The van der Waals surface area contributed by atoms with E-state index in [9.17, 15) is 9.59 Å². The van der Waals surface area contributed by atoms with Gasteiger partial charge in [-0.2, -0.15) is 0 Å². The van der Waals surface area contributed by atoms with Crippen LogP contribution in [-0.4, -0.2) is 36.2 Å². The molecule has 1 fully saturated rings. The number of rotatable bonds is 6. The third-order valence-electron chi connectivity index (χ3n) is 6.40. The van der Waals surface area contributed by atoms with Crippen molar-refractivity contribution < 1.29 is 0 Å². The lowest BCUT2D eigenvalue weighted by Crippen LogP contribution is -2.38. The number of fused-ring (bicyclic) bond motifs is 1. The number of aromatic nitrogens is 4. The summed E-state index contributed by atoms with van der Waals surface area (Å²) >= 11 is 0. The van der Waals surface area contributed by atoms with Gasteiger partial charge in [0.2, 0.25) is 0 Å². The number of imidazole rings is 1. The first-order valence-electron chi connectivity index (χ1n) is 10.9. The quantitative estimate of drug-likeness (QED) is 0.627. The van der Waals surface area contributed by atoms with E-state index in [1.807, 2.05) is 6.07 Å². The first-order valence-corrected chi connectivity index (χ1v) is 10.9. The molecule has 1 unspecified atom stereocenters. The largest absolute Gasteiger partial charge is 0.332 e. The molecule has 1 atom stereocenters. The van der Waals surface area contributed by atoms with Crippen molar-refractivity contribution in [1.29, 1.82) is 0 Å². The third kappa shape index (κ3) is 3.86. The zero-order chi connectivity index (χ0) is 21.3. The Morgan fingerprint density at radius 3 is 2.57 bits per heavy atom. The molecule has 0 spiro atoms. The Balaban J connectivity index is 1.72. The van der Waals surface area contributed by atoms with Crippen molar-refractivity contribution in [3.63, 3.8) is 0 Å². The second kappa shape index (κ2) is 8.60. The highest BCUT2D eigenvalue weighted by Crippen LogP contribution is 2.21. The summed E-state index contributed by atoms with van der Waals surface area (Å²) in [5, 5.41) is 0. The van der Waals surface area contributed by atoms with E-state index < -0.39 is 0 Å². The van der Waals surface area contributed by atoms with Crippen LogP contribution in [0.25, 0.3) is 11.2 Å². The molecule has 0 aliphatic carbocycles. The standard InChI is InChI=1S/C23H31N5O2/c1-17-10-7-8-14-27(17)16-19-24-21-20(22(29)26(3)23(30)25(21)2)28(19)15-9-13-18-11-5-4-6-12-18/h4-6,11-12,17H,7-10,13-16H2,1-3H3. The van der Waals surface area contributed by atoms with E-state index in [0.29, 0.717) is 30.3 Å². The van der Waals surface area contributed by atoms with Crippen LogP contribution in [0, 0.1) is 0 Å². The molecular weight excluding hydrogens is 378 g/mol. The Kier molecular flexibility index (Phi) is 5.90. The number of hydrogen-bond donors (Lipinski definition) is 0. The van der Waals surface area contributed by atoms with Crippen molar-refractivity contribution in [1.82, 2.24) is 23.6 Å². The summed E-state index contributed by atoms with van der Waals surface area (Å²) < 4.78 is 4.74. The highest BCUT2D eigenvalue weighted by Gasteiger charge is 2.24. The molecule has 3 aromatic rings. The third-order valence-corrected chi connectivity index (χ3v) is 6.40. The molecule has 1 aliphatic heterocycles. The average Bonchev–Trinajstić information content (AvgIpc) is 3.11. The van der Waals surface area contributed by atoms with Crippen LogP contribution < -0.4 is 11.2 Å². The van der Waals surface area contributed by atoms with Crippen LogP contribution in [0.3, 0.4) is 0 Å². The van der Waals surface area contributed by atoms with Gasteiger partial charge in [0.1, 0.15) is 5.82 Å². The number of benzene rings is 1. The van der Waals surface area contributed by atoms with E-state index in [2.05, 4.69) is 40.7 Å². The zero-order valence-corrected chi connectivity index (χ0v) is 18.2. The molecule has 7 heteroatoms. The molecule has 4 rings (SSSR count). The van der Waals surface area contributed by atoms with Gasteiger partial charge < -0.3 is 4.57 Å². The van der Waals surface area contributed by atoms with E-state index in [-0.39, 0.29) is 11.2 Å². The van der Waals surface area contributed by atoms with Crippen LogP contribution in [0.2, 0.25) is 0 Å². The maximum atomic E-state index is 13.0. The van der Waals surface area contributed by atoms with Gasteiger partial charge >= 0.3 is 5.69 Å². The smallest absolute Gasteiger partial charge is 0.321 e. The summed E-state index contributed by atoms with van der Waals surface area (Å²) in [6, 6.07) is 10.9. The Morgan fingerprint density at radius 1 is 1.07 bits per heavy atom. The van der Waals surface area contributed by atoms with Gasteiger partial charge in [-0.25, -0.2) is 9.78 Å². The Bertz CT molecular complexity index is 1140. The molecule has 160 valence electrons. The number of likely N-dealkylation sites (tertiary alicyclic amines) is 1. The van der Waals surface area contributed by atoms with E-state index in [0.717, 1.165) is 25.2 Å². The zero-order valence-electron chi connectivity index (χ0n) is 18.2. The summed E-state index contributed by atoms with van der Waals surface area (Å²) in [6.07, 6.45) is 5.49. The van der Waals surface area contributed by atoms with E-state index in [1.165, 1.54) is 41.0 Å². The Hall–Kier alpha value is -2.67. The van der Waals surface area contributed by atoms with Crippen molar-refractivity contribution in [2.75, 3.05) is 6.54 Å². The van der Waals surface area contributed by atoms with Gasteiger partial charge in [0.25, 0.3) is 5.56 Å². The SMILES string of the molecule is CC1CCCCN1Cc1nc2c(c(=O)n(C)c(=O)n2C)n1CCCc1ccccc1. The lowest BCUT2D eigenvalue weighted by atomic mass is 10.0. The molecule has 3 heterocycles. The van der Waals surface area contributed by atoms with E-state index in [1.54, 1.807) is 7.05 Å². The number of hydrogen-bond acceptors (Lipinski definition) is 4. The normalized spacial score (nSPS) is 17.6. The highest BCUT2D eigenvalue weighted by atomic mass is 16.2. The molecule has 1 saturated heterocycles. The van der Waals surface area contributed by atoms with Crippen molar-refractivity contribution in [2.24, 2.45) is 14.1 Å². The second-order valence-corrected chi connectivity index (χ2v) is 8.46. The number of aryl methyl sites for hydroxylation is 3. The predicted octanol–water partition coefficient (Wildman–Crippen LogP) is 2.44. The molecular formula is C23H31N5O2. The molecule has 30 heavy (non-hydrogen) atoms. The van der Waals surface area contributed by atoms with Gasteiger partial charge in [0.05, 0.1) is 6.54 Å². The summed E-state index contributed by atoms with van der Waals surface area (Å²) in [4.78, 5) is 32.7. The van der Waals surface area contributed by atoms with Crippen molar-refractivity contribution in [3.05, 3.63) is 62.6 Å². The van der Waals surface area contributed by atoms with Gasteiger partial charge in [0, 0.05) is 26.7 Å². The maximum absolute atomic E-state index is 13.0. The first-order chi connectivity index (χ1) is 14.5. The molecule has 2 aromatic heterocycles. The summed E-state index contributed by atoms with van der Waals surface area (Å²) in [5.41, 5.74) is 1.71. The maximum Gasteiger partial charge on any atom is 0.332 e. The van der Waals surface area contributed by atoms with Crippen molar-refractivity contribution in [3.8, 4) is 0 Å². The highest BCUT2D eigenvalue weighted by molar-refractivity contribution is 5.71. The van der Waals surface area contributed by atoms with Crippen LogP contribution in [-0.2, 0) is 33.6 Å². The lowest BCUT2D eigenvalue weighted by Gasteiger charge is -2.33. The fraction of sp³-hybridized carbons (Fsp3) is 0.522. The molecule has 7 nitrogen and oxygen atoms in total. The van der Waals surface area contributed by atoms with Crippen LogP contribution in [0.5, 0.6) is 0 Å². The minimum atomic E-state index is -0.334. The van der Waals surface area contributed by atoms with Gasteiger partial charge in [-0.05, 0) is 44.7 Å². The monoisotopic (exact) mass is 409 g/mol. The van der Waals surface area contributed by atoms with E-state index >= 15 is 0 Å². The van der Waals surface area contributed by atoms with Gasteiger partial charge in [-0.3, -0.25) is 18.8 Å². The first kappa shape index (κ1) is 20.6. The summed E-state index contributed by atoms with van der Waals surface area (Å²) in [7, 11) is 3.23.